The Kier molecular flexibility index (Phi) is 4.98. The van der Waals surface area contributed by atoms with Crippen LogP contribution in [-0.2, 0) is 9.63 Å². The van der Waals surface area contributed by atoms with Gasteiger partial charge in [0.25, 0.3) is 5.91 Å². The van der Waals surface area contributed by atoms with Crippen LogP contribution in [0.1, 0.15) is 57.4 Å². The molecule has 27 heavy (non-hydrogen) atoms. The summed E-state index contributed by atoms with van der Waals surface area (Å²) in [7, 11) is 1.65. The van der Waals surface area contributed by atoms with Gasteiger partial charge in [0.1, 0.15) is 0 Å². The quantitative estimate of drug-likeness (QED) is 0.793. The van der Waals surface area contributed by atoms with Crippen molar-refractivity contribution in [2.45, 2.75) is 63.6 Å². The van der Waals surface area contributed by atoms with Crippen molar-refractivity contribution in [3.63, 3.8) is 0 Å². The van der Waals surface area contributed by atoms with Gasteiger partial charge in [-0.05, 0) is 63.6 Å². The molecule has 2 aliphatic heterocycles. The molecular formula is C21H28N2O4. The molecule has 1 saturated carbocycles. The first-order valence-corrected chi connectivity index (χ1v) is 9.98. The van der Waals surface area contributed by atoms with Crippen LogP contribution in [-0.4, -0.2) is 48.4 Å². The fraction of sp³-hybridized carbons (Fsp3) is 0.619. The van der Waals surface area contributed by atoms with Gasteiger partial charge in [-0.2, -0.15) is 0 Å². The molecule has 1 atom stereocenters. The Labute approximate surface area is 160 Å². The number of hydrogen-bond acceptors (Lipinski definition) is 5. The van der Waals surface area contributed by atoms with E-state index in [0.29, 0.717) is 6.42 Å². The zero-order valence-electron chi connectivity index (χ0n) is 16.2. The van der Waals surface area contributed by atoms with Gasteiger partial charge in [0.2, 0.25) is 5.60 Å². The molecule has 0 bridgehead atoms. The summed E-state index contributed by atoms with van der Waals surface area (Å²) in [5, 5.41) is 4.25. The van der Waals surface area contributed by atoms with Crippen LogP contribution < -0.4 is 9.47 Å². The molecule has 2 heterocycles. The summed E-state index contributed by atoms with van der Waals surface area (Å²) in [6, 6.07) is 5.82. The molecule has 1 amide bonds. The second-order valence-corrected chi connectivity index (χ2v) is 7.93. The highest BCUT2D eigenvalue weighted by Crippen LogP contribution is 2.35. The predicted molar refractivity (Wildman–Crippen MR) is 102 cm³/mol. The van der Waals surface area contributed by atoms with E-state index in [1.165, 1.54) is 12.8 Å². The van der Waals surface area contributed by atoms with Crippen LogP contribution in [0.15, 0.2) is 23.4 Å². The highest BCUT2D eigenvalue weighted by atomic mass is 16.7. The number of rotatable bonds is 5. The van der Waals surface area contributed by atoms with E-state index in [1.54, 1.807) is 7.11 Å². The molecule has 1 saturated heterocycles. The smallest absolute Gasteiger partial charge is 0.269 e. The molecule has 0 aromatic heterocycles. The van der Waals surface area contributed by atoms with Gasteiger partial charge < -0.3 is 19.2 Å². The van der Waals surface area contributed by atoms with Gasteiger partial charge in [-0.1, -0.05) is 5.16 Å². The Morgan fingerprint density at radius 2 is 1.93 bits per heavy atom. The minimum atomic E-state index is -0.911. The van der Waals surface area contributed by atoms with Crippen molar-refractivity contribution in [3.05, 3.63) is 23.8 Å². The Hall–Kier alpha value is -2.24. The van der Waals surface area contributed by atoms with E-state index < -0.39 is 5.60 Å². The van der Waals surface area contributed by atoms with Crippen molar-refractivity contribution in [2.24, 2.45) is 5.16 Å². The van der Waals surface area contributed by atoms with Gasteiger partial charge in [-0.3, -0.25) is 4.79 Å². The van der Waals surface area contributed by atoms with E-state index in [1.807, 2.05) is 30.0 Å². The molecule has 1 aromatic carbocycles. The predicted octanol–water partition coefficient (Wildman–Crippen LogP) is 3.52. The lowest BCUT2D eigenvalue weighted by Gasteiger charge is -2.26. The molecule has 1 aromatic rings. The van der Waals surface area contributed by atoms with Crippen molar-refractivity contribution < 1.29 is 19.1 Å². The van der Waals surface area contributed by atoms with Gasteiger partial charge in [0.15, 0.2) is 11.5 Å². The Morgan fingerprint density at radius 1 is 1.19 bits per heavy atom. The molecule has 0 N–H and O–H groups in total. The number of likely N-dealkylation sites (tertiary alicyclic amines) is 1. The molecule has 2 fully saturated rings. The van der Waals surface area contributed by atoms with E-state index in [2.05, 4.69) is 5.16 Å². The monoisotopic (exact) mass is 372 g/mol. The normalized spacial score (nSPS) is 25.4. The number of carbonyl (C=O) groups excluding carboxylic acids is 1. The molecule has 6 nitrogen and oxygen atoms in total. The van der Waals surface area contributed by atoms with Gasteiger partial charge in [-0.25, -0.2) is 0 Å². The lowest BCUT2D eigenvalue weighted by molar-refractivity contribution is -0.152. The standard InChI is InChI=1S/C21H28N2O4/c1-21(20(24)23-11-5-6-12-23)14-17(22-27-21)15-9-10-18(25-2)19(13-15)26-16-7-3-4-8-16/h9-10,13,16H,3-8,11-12,14H2,1-2H3. The largest absolute Gasteiger partial charge is 0.493 e. The summed E-state index contributed by atoms with van der Waals surface area (Å²) in [6.07, 6.45) is 7.44. The van der Waals surface area contributed by atoms with E-state index in [0.717, 1.165) is 61.5 Å². The highest BCUT2D eigenvalue weighted by Gasteiger charge is 2.45. The molecule has 1 aliphatic carbocycles. The van der Waals surface area contributed by atoms with Crippen LogP contribution >= 0.6 is 0 Å². The topological polar surface area (TPSA) is 60.4 Å². The first-order valence-electron chi connectivity index (χ1n) is 9.98. The summed E-state index contributed by atoms with van der Waals surface area (Å²) in [4.78, 5) is 20.4. The maximum absolute atomic E-state index is 12.8. The third-order valence-electron chi connectivity index (χ3n) is 5.80. The van der Waals surface area contributed by atoms with Crippen molar-refractivity contribution in [1.82, 2.24) is 4.90 Å². The number of amides is 1. The first kappa shape index (κ1) is 18.1. The molecule has 1 unspecified atom stereocenters. The third kappa shape index (κ3) is 3.62. The Morgan fingerprint density at radius 3 is 2.63 bits per heavy atom. The van der Waals surface area contributed by atoms with E-state index in [4.69, 9.17) is 14.3 Å². The summed E-state index contributed by atoms with van der Waals surface area (Å²) >= 11 is 0. The van der Waals surface area contributed by atoms with Crippen molar-refractivity contribution in [1.29, 1.82) is 0 Å². The van der Waals surface area contributed by atoms with E-state index >= 15 is 0 Å². The van der Waals surface area contributed by atoms with Crippen LogP contribution in [0, 0.1) is 0 Å². The summed E-state index contributed by atoms with van der Waals surface area (Å²) in [6.45, 7) is 3.47. The average Bonchev–Trinajstić information content (AvgIpc) is 3.43. The molecule has 6 heteroatoms. The fourth-order valence-electron chi connectivity index (χ4n) is 4.20. The summed E-state index contributed by atoms with van der Waals surface area (Å²) < 4.78 is 11.6. The zero-order valence-corrected chi connectivity index (χ0v) is 16.2. The van der Waals surface area contributed by atoms with Gasteiger partial charge in [0.05, 0.1) is 18.9 Å². The zero-order chi connectivity index (χ0) is 18.9. The lowest BCUT2D eigenvalue weighted by atomic mass is 9.94. The SMILES string of the molecule is COc1ccc(C2=NOC(C)(C(=O)N3CCCC3)C2)cc1OC1CCCC1. The minimum Gasteiger partial charge on any atom is -0.493 e. The van der Waals surface area contributed by atoms with Crippen molar-refractivity contribution in [3.8, 4) is 11.5 Å². The van der Waals surface area contributed by atoms with Gasteiger partial charge in [-0.15, -0.1) is 0 Å². The average molecular weight is 372 g/mol. The van der Waals surface area contributed by atoms with Gasteiger partial charge in [0, 0.05) is 25.1 Å². The number of oxime groups is 1. The molecular weight excluding hydrogens is 344 g/mol. The van der Waals surface area contributed by atoms with Crippen LogP contribution in [0.2, 0.25) is 0 Å². The minimum absolute atomic E-state index is 0.0368. The van der Waals surface area contributed by atoms with Crippen molar-refractivity contribution in [2.75, 3.05) is 20.2 Å². The van der Waals surface area contributed by atoms with Crippen molar-refractivity contribution >= 4 is 11.6 Å². The molecule has 3 aliphatic rings. The number of carbonyl (C=O) groups is 1. The second-order valence-electron chi connectivity index (χ2n) is 7.93. The van der Waals surface area contributed by atoms with Crippen LogP contribution in [0.5, 0.6) is 11.5 Å². The Bertz CT molecular complexity index is 736. The Balaban J connectivity index is 1.50. The number of ether oxygens (including phenoxy) is 2. The maximum Gasteiger partial charge on any atom is 0.269 e. The molecule has 0 radical (unpaired) electrons. The van der Waals surface area contributed by atoms with Crippen LogP contribution in [0.3, 0.4) is 0 Å². The molecule has 0 spiro atoms. The summed E-state index contributed by atoms with van der Waals surface area (Å²) in [5.41, 5.74) is 0.789. The first-order chi connectivity index (χ1) is 13.1. The maximum atomic E-state index is 12.8. The highest BCUT2D eigenvalue weighted by molar-refractivity contribution is 6.05. The molecule has 146 valence electrons. The number of benzene rings is 1. The second kappa shape index (κ2) is 7.41. The summed E-state index contributed by atoms with van der Waals surface area (Å²) in [5.74, 6) is 1.50. The number of hydrogen-bond donors (Lipinski definition) is 0. The number of methoxy groups -OCH3 is 1. The van der Waals surface area contributed by atoms with Crippen LogP contribution in [0.25, 0.3) is 0 Å². The number of nitrogens with zero attached hydrogens (tertiary/aromatic N) is 2. The van der Waals surface area contributed by atoms with E-state index in [9.17, 15) is 4.79 Å². The van der Waals surface area contributed by atoms with E-state index in [-0.39, 0.29) is 12.0 Å². The van der Waals surface area contributed by atoms with Gasteiger partial charge >= 0.3 is 0 Å². The fourth-order valence-corrected chi connectivity index (χ4v) is 4.20. The lowest BCUT2D eigenvalue weighted by Crippen LogP contribution is -2.46. The van der Waals surface area contributed by atoms with Crippen LogP contribution in [0.4, 0.5) is 0 Å². The third-order valence-corrected chi connectivity index (χ3v) is 5.80. The molecule has 4 rings (SSSR count).